The summed E-state index contributed by atoms with van der Waals surface area (Å²) in [5.74, 6) is 2.54. The summed E-state index contributed by atoms with van der Waals surface area (Å²) in [5.41, 5.74) is 4.67. The quantitative estimate of drug-likeness (QED) is 0.343. The second-order valence-corrected chi connectivity index (χ2v) is 9.93. The summed E-state index contributed by atoms with van der Waals surface area (Å²) in [6.45, 7) is 25.1. The number of fused-ring (bicyclic) bond motifs is 1. The predicted octanol–water partition coefficient (Wildman–Crippen LogP) is 9.93. The maximum absolute atomic E-state index is 4.07. The van der Waals surface area contributed by atoms with Crippen LogP contribution in [0.15, 0.2) is 90.7 Å². The SMILES string of the molecule is C=C/C=C(NCC1CC(CC)CC1C)\C(=C\C)C(=C)C.CCC.CCNc1cccc2ccccc12. The zero-order valence-corrected chi connectivity index (χ0v) is 24.2. The Hall–Kier alpha value is -2.74. The lowest BCUT2D eigenvalue weighted by molar-refractivity contribution is 0.406. The van der Waals surface area contributed by atoms with E-state index in [1.807, 2.05) is 6.08 Å². The highest BCUT2D eigenvalue weighted by Gasteiger charge is 2.30. The molecule has 2 nitrogen and oxygen atoms in total. The van der Waals surface area contributed by atoms with Crippen molar-refractivity contribution in [3.63, 3.8) is 0 Å². The fourth-order valence-corrected chi connectivity index (χ4v) is 4.90. The van der Waals surface area contributed by atoms with E-state index in [0.717, 1.165) is 42.1 Å². The van der Waals surface area contributed by atoms with Crippen molar-refractivity contribution in [2.45, 2.75) is 74.1 Å². The fourth-order valence-electron chi connectivity index (χ4n) is 4.90. The van der Waals surface area contributed by atoms with Crippen molar-refractivity contribution in [3.05, 3.63) is 90.7 Å². The van der Waals surface area contributed by atoms with Gasteiger partial charge in [-0.3, -0.25) is 0 Å². The number of hydrogen-bond donors (Lipinski definition) is 2. The van der Waals surface area contributed by atoms with E-state index in [4.69, 9.17) is 0 Å². The van der Waals surface area contributed by atoms with Crippen LogP contribution in [0.5, 0.6) is 0 Å². The Morgan fingerprint density at radius 1 is 1.03 bits per heavy atom. The van der Waals surface area contributed by atoms with E-state index in [2.05, 4.69) is 127 Å². The third-order valence-electron chi connectivity index (χ3n) is 6.76. The van der Waals surface area contributed by atoms with Crippen LogP contribution >= 0.6 is 0 Å². The van der Waals surface area contributed by atoms with E-state index in [0.29, 0.717) is 0 Å². The maximum atomic E-state index is 4.07. The minimum Gasteiger partial charge on any atom is -0.385 e. The molecular weight excluding hydrogens is 436 g/mol. The second-order valence-electron chi connectivity index (χ2n) is 9.93. The summed E-state index contributed by atoms with van der Waals surface area (Å²) in [6, 6.07) is 14.8. The zero-order chi connectivity index (χ0) is 26.9. The van der Waals surface area contributed by atoms with Gasteiger partial charge in [0, 0.05) is 29.9 Å². The molecule has 2 aromatic carbocycles. The van der Waals surface area contributed by atoms with Gasteiger partial charge in [-0.2, -0.15) is 0 Å². The molecule has 198 valence electrons. The lowest BCUT2D eigenvalue weighted by Gasteiger charge is -2.20. The van der Waals surface area contributed by atoms with E-state index in [1.165, 1.54) is 47.7 Å². The van der Waals surface area contributed by atoms with E-state index < -0.39 is 0 Å². The van der Waals surface area contributed by atoms with Crippen molar-refractivity contribution in [1.82, 2.24) is 5.32 Å². The monoisotopic (exact) mass is 488 g/mol. The number of benzene rings is 2. The minimum absolute atomic E-state index is 0.788. The molecule has 36 heavy (non-hydrogen) atoms. The van der Waals surface area contributed by atoms with Crippen LogP contribution in [0.25, 0.3) is 10.8 Å². The van der Waals surface area contributed by atoms with Gasteiger partial charge in [-0.15, -0.1) is 0 Å². The number of rotatable bonds is 9. The predicted molar refractivity (Wildman–Crippen MR) is 165 cm³/mol. The summed E-state index contributed by atoms with van der Waals surface area (Å²) in [7, 11) is 0. The Kier molecular flexibility index (Phi) is 15.3. The van der Waals surface area contributed by atoms with Gasteiger partial charge in [-0.1, -0.05) is 102 Å². The normalized spacial score (nSPS) is 19.5. The first-order valence-corrected chi connectivity index (χ1v) is 14.0. The second kappa shape index (κ2) is 17.7. The third kappa shape index (κ3) is 10.1. The van der Waals surface area contributed by atoms with Crippen molar-refractivity contribution < 1.29 is 0 Å². The smallest absolute Gasteiger partial charge is 0.0419 e. The van der Waals surface area contributed by atoms with Gasteiger partial charge in [-0.25, -0.2) is 0 Å². The zero-order valence-electron chi connectivity index (χ0n) is 24.2. The first-order valence-electron chi connectivity index (χ1n) is 14.0. The van der Waals surface area contributed by atoms with Crippen molar-refractivity contribution in [3.8, 4) is 0 Å². The van der Waals surface area contributed by atoms with Crippen molar-refractivity contribution in [1.29, 1.82) is 0 Å². The molecule has 1 fully saturated rings. The van der Waals surface area contributed by atoms with Crippen LogP contribution in [0.2, 0.25) is 0 Å². The first-order chi connectivity index (χ1) is 17.4. The Labute approximate surface area is 222 Å². The molecule has 1 aliphatic carbocycles. The topological polar surface area (TPSA) is 24.1 Å². The highest BCUT2D eigenvalue weighted by molar-refractivity contribution is 5.93. The molecule has 0 spiro atoms. The Bertz CT molecular complexity index is 976. The van der Waals surface area contributed by atoms with Gasteiger partial charge < -0.3 is 10.6 Å². The molecule has 2 aromatic rings. The van der Waals surface area contributed by atoms with Crippen LogP contribution in [0, 0.1) is 17.8 Å². The van der Waals surface area contributed by atoms with Gasteiger partial charge in [-0.05, 0) is 80.0 Å². The van der Waals surface area contributed by atoms with Gasteiger partial charge in [0.1, 0.15) is 0 Å². The Morgan fingerprint density at radius 2 is 1.69 bits per heavy atom. The maximum Gasteiger partial charge on any atom is 0.0419 e. The van der Waals surface area contributed by atoms with Crippen molar-refractivity contribution in [2.24, 2.45) is 17.8 Å². The van der Waals surface area contributed by atoms with Crippen LogP contribution in [0.3, 0.4) is 0 Å². The molecule has 3 atom stereocenters. The molecule has 0 saturated heterocycles. The first kappa shape index (κ1) is 31.3. The lowest BCUT2D eigenvalue weighted by atomic mass is 9.97. The number of allylic oxidation sites excluding steroid dienone is 4. The largest absolute Gasteiger partial charge is 0.385 e. The standard InChI is InChI=1S/C19H31N.C12H13N.C3H8/c1-7-10-19(18(9-3)14(4)5)20-13-17-12-16(8-2)11-15(17)6;1-2-13-12-9-5-7-10-6-3-4-8-11(10)12;1-3-2/h7,9-10,15-17,20H,1,4,8,11-13H2,2-3,5-6H3;3-9,13H,2H2,1H3;3H2,1-2H3/b18-9+,19-10+;;. The highest BCUT2D eigenvalue weighted by atomic mass is 14.9. The molecule has 0 aliphatic heterocycles. The molecule has 0 amide bonds. The molecule has 1 aliphatic rings. The summed E-state index contributed by atoms with van der Waals surface area (Å²) in [6.07, 6.45) is 11.4. The van der Waals surface area contributed by atoms with Crippen molar-refractivity contribution >= 4 is 16.5 Å². The minimum atomic E-state index is 0.788. The van der Waals surface area contributed by atoms with E-state index in [1.54, 1.807) is 0 Å². The highest BCUT2D eigenvalue weighted by Crippen LogP contribution is 2.37. The summed E-state index contributed by atoms with van der Waals surface area (Å²) in [5, 5.41) is 9.57. The van der Waals surface area contributed by atoms with Gasteiger partial charge in [0.25, 0.3) is 0 Å². The molecule has 3 rings (SSSR count). The van der Waals surface area contributed by atoms with Crippen LogP contribution in [0.1, 0.15) is 74.1 Å². The van der Waals surface area contributed by atoms with E-state index in [9.17, 15) is 0 Å². The summed E-state index contributed by atoms with van der Waals surface area (Å²) in [4.78, 5) is 0. The van der Waals surface area contributed by atoms with E-state index in [-0.39, 0.29) is 0 Å². The molecule has 0 heterocycles. The van der Waals surface area contributed by atoms with Crippen LogP contribution < -0.4 is 10.6 Å². The summed E-state index contributed by atoms with van der Waals surface area (Å²) >= 11 is 0. The number of nitrogens with one attached hydrogen (secondary N) is 2. The van der Waals surface area contributed by atoms with E-state index >= 15 is 0 Å². The van der Waals surface area contributed by atoms with Gasteiger partial charge >= 0.3 is 0 Å². The molecule has 0 bridgehead atoms. The average molecular weight is 489 g/mol. The fraction of sp³-hybridized carbons (Fsp3) is 0.471. The Balaban J connectivity index is 0.000000345. The van der Waals surface area contributed by atoms with Crippen LogP contribution in [0.4, 0.5) is 5.69 Å². The van der Waals surface area contributed by atoms with Crippen molar-refractivity contribution in [2.75, 3.05) is 18.4 Å². The number of hydrogen-bond acceptors (Lipinski definition) is 2. The number of anilines is 1. The molecular formula is C34H52N2. The third-order valence-corrected chi connectivity index (χ3v) is 6.76. The van der Waals surface area contributed by atoms with Gasteiger partial charge in [0.2, 0.25) is 0 Å². The lowest BCUT2D eigenvalue weighted by Crippen LogP contribution is -2.25. The average Bonchev–Trinajstić information content (AvgIpc) is 3.23. The van der Waals surface area contributed by atoms with Gasteiger partial charge in [0.15, 0.2) is 0 Å². The molecule has 3 unspecified atom stereocenters. The van der Waals surface area contributed by atoms with Crippen LogP contribution in [-0.2, 0) is 0 Å². The molecule has 2 N–H and O–H groups in total. The molecule has 1 saturated carbocycles. The summed E-state index contributed by atoms with van der Waals surface area (Å²) < 4.78 is 0. The Morgan fingerprint density at radius 3 is 2.25 bits per heavy atom. The molecule has 0 radical (unpaired) electrons. The molecule has 2 heteroatoms. The van der Waals surface area contributed by atoms with Crippen LogP contribution in [-0.4, -0.2) is 13.1 Å². The van der Waals surface area contributed by atoms with Gasteiger partial charge in [0.05, 0.1) is 0 Å². The molecule has 0 aromatic heterocycles.